The zero-order valence-corrected chi connectivity index (χ0v) is 11.2. The van der Waals surface area contributed by atoms with Gasteiger partial charge in [-0.1, -0.05) is 6.08 Å². The quantitative estimate of drug-likeness (QED) is 0.792. The van der Waals surface area contributed by atoms with E-state index in [1.54, 1.807) is 13.0 Å². The maximum absolute atomic E-state index is 12.5. The van der Waals surface area contributed by atoms with Crippen LogP contribution in [0, 0.1) is 6.92 Å². The summed E-state index contributed by atoms with van der Waals surface area (Å²) in [5.74, 6) is 0.880. The number of hydrogen-bond acceptors (Lipinski definition) is 4. The summed E-state index contributed by atoms with van der Waals surface area (Å²) >= 11 is 0. The first kappa shape index (κ1) is 13.3. The number of rotatable bonds is 6. The number of sulfonamides is 1. The summed E-state index contributed by atoms with van der Waals surface area (Å²) in [4.78, 5) is 0.219. The number of nitrogens with zero attached hydrogens (tertiary/aromatic N) is 1. The Morgan fingerprint density at radius 2 is 2.28 bits per heavy atom. The molecule has 0 radical (unpaired) electrons. The minimum Gasteiger partial charge on any atom is -0.464 e. The molecule has 18 heavy (non-hydrogen) atoms. The molecule has 1 aliphatic carbocycles. The SMILES string of the molecule is C=CCN(C1CC1)S(=O)(=O)c1cc(CN)oc1C. The third kappa shape index (κ3) is 2.36. The number of hydrogen-bond donors (Lipinski definition) is 1. The molecule has 0 bridgehead atoms. The zero-order valence-electron chi connectivity index (χ0n) is 10.4. The fourth-order valence-electron chi connectivity index (χ4n) is 1.94. The van der Waals surface area contributed by atoms with Gasteiger partial charge in [-0.15, -0.1) is 6.58 Å². The molecular weight excluding hydrogens is 252 g/mol. The van der Waals surface area contributed by atoms with Crippen LogP contribution in [0.1, 0.15) is 24.4 Å². The summed E-state index contributed by atoms with van der Waals surface area (Å²) in [5, 5.41) is 0. The minimum absolute atomic E-state index is 0.101. The predicted octanol–water partition coefficient (Wildman–Crippen LogP) is 1.39. The van der Waals surface area contributed by atoms with Crippen LogP contribution in [-0.2, 0) is 16.6 Å². The maximum Gasteiger partial charge on any atom is 0.247 e. The van der Waals surface area contributed by atoms with Crippen molar-refractivity contribution in [2.75, 3.05) is 6.54 Å². The second-order valence-corrected chi connectivity index (χ2v) is 6.29. The molecule has 0 saturated heterocycles. The Morgan fingerprint density at radius 3 is 2.72 bits per heavy atom. The van der Waals surface area contributed by atoms with Gasteiger partial charge in [0.25, 0.3) is 0 Å². The molecule has 5 nitrogen and oxygen atoms in total. The van der Waals surface area contributed by atoms with E-state index < -0.39 is 10.0 Å². The van der Waals surface area contributed by atoms with Crippen molar-refractivity contribution in [3.8, 4) is 0 Å². The average molecular weight is 270 g/mol. The average Bonchev–Trinajstić information content (AvgIpc) is 3.08. The lowest BCUT2D eigenvalue weighted by molar-refractivity contribution is 0.431. The molecule has 1 aromatic heterocycles. The first-order valence-corrected chi connectivity index (χ1v) is 7.36. The lowest BCUT2D eigenvalue weighted by Gasteiger charge is -2.19. The van der Waals surface area contributed by atoms with E-state index in [-0.39, 0.29) is 17.5 Å². The van der Waals surface area contributed by atoms with Crippen LogP contribution in [0.5, 0.6) is 0 Å². The molecule has 0 spiro atoms. The first-order valence-electron chi connectivity index (χ1n) is 5.92. The van der Waals surface area contributed by atoms with Gasteiger partial charge in [-0.3, -0.25) is 0 Å². The van der Waals surface area contributed by atoms with E-state index in [4.69, 9.17) is 10.2 Å². The Labute approximate surface area is 107 Å². The minimum atomic E-state index is -3.51. The van der Waals surface area contributed by atoms with Gasteiger partial charge < -0.3 is 10.2 Å². The first-order chi connectivity index (χ1) is 8.50. The highest BCUT2D eigenvalue weighted by molar-refractivity contribution is 7.89. The molecule has 0 amide bonds. The van der Waals surface area contributed by atoms with Crippen molar-refractivity contribution in [1.29, 1.82) is 0 Å². The number of nitrogens with two attached hydrogens (primary N) is 1. The van der Waals surface area contributed by atoms with Crippen LogP contribution in [0.2, 0.25) is 0 Å². The van der Waals surface area contributed by atoms with Gasteiger partial charge in [0.05, 0.1) is 6.54 Å². The Hall–Kier alpha value is -1.11. The Bertz CT molecular complexity index is 544. The third-order valence-electron chi connectivity index (χ3n) is 2.97. The molecule has 6 heteroatoms. The fourth-order valence-corrected chi connectivity index (χ4v) is 3.78. The highest BCUT2D eigenvalue weighted by Crippen LogP contribution is 2.33. The van der Waals surface area contributed by atoms with Gasteiger partial charge in [0.15, 0.2) is 0 Å². The maximum atomic E-state index is 12.5. The van der Waals surface area contributed by atoms with Crippen molar-refractivity contribution >= 4 is 10.0 Å². The van der Waals surface area contributed by atoms with Gasteiger partial charge in [0.2, 0.25) is 10.0 Å². The van der Waals surface area contributed by atoms with E-state index in [9.17, 15) is 8.42 Å². The molecule has 100 valence electrons. The standard InChI is InChI=1S/C12H18N2O3S/c1-3-6-14(10-4-5-10)18(15,16)12-7-11(8-13)17-9(12)2/h3,7,10H,1,4-6,8,13H2,2H3. The smallest absolute Gasteiger partial charge is 0.247 e. The van der Waals surface area contributed by atoms with E-state index in [1.807, 2.05) is 0 Å². The molecule has 0 aliphatic heterocycles. The van der Waals surface area contributed by atoms with Crippen LogP contribution in [0.3, 0.4) is 0 Å². The van der Waals surface area contributed by atoms with E-state index >= 15 is 0 Å². The van der Waals surface area contributed by atoms with Crippen LogP contribution in [0.4, 0.5) is 0 Å². The van der Waals surface area contributed by atoms with Gasteiger partial charge in [0.1, 0.15) is 16.4 Å². The van der Waals surface area contributed by atoms with E-state index in [0.29, 0.717) is 18.1 Å². The Kier molecular flexibility index (Phi) is 3.61. The summed E-state index contributed by atoms with van der Waals surface area (Å²) in [6, 6.07) is 1.62. The largest absolute Gasteiger partial charge is 0.464 e. The number of furan rings is 1. The van der Waals surface area contributed by atoms with Crippen molar-refractivity contribution in [2.24, 2.45) is 5.73 Å². The second-order valence-electron chi connectivity index (χ2n) is 4.43. The molecule has 1 aliphatic rings. The topological polar surface area (TPSA) is 76.5 Å². The van der Waals surface area contributed by atoms with Gasteiger partial charge in [-0.05, 0) is 19.8 Å². The van der Waals surface area contributed by atoms with E-state index in [0.717, 1.165) is 12.8 Å². The van der Waals surface area contributed by atoms with Crippen LogP contribution in [0.15, 0.2) is 28.0 Å². The van der Waals surface area contributed by atoms with Gasteiger partial charge in [0, 0.05) is 18.7 Å². The molecule has 0 atom stereocenters. The van der Waals surface area contributed by atoms with Crippen molar-refractivity contribution < 1.29 is 12.8 Å². The molecule has 1 aromatic rings. The Balaban J connectivity index is 2.38. The van der Waals surface area contributed by atoms with Gasteiger partial charge in [-0.2, -0.15) is 4.31 Å². The molecule has 1 heterocycles. The predicted molar refractivity (Wildman–Crippen MR) is 68.4 cm³/mol. The van der Waals surface area contributed by atoms with Gasteiger partial charge in [-0.25, -0.2) is 8.42 Å². The second kappa shape index (κ2) is 4.87. The van der Waals surface area contributed by atoms with Crippen LogP contribution in [0.25, 0.3) is 0 Å². The third-order valence-corrected chi connectivity index (χ3v) is 5.00. The summed E-state index contributed by atoms with van der Waals surface area (Å²) in [7, 11) is -3.51. The molecule has 1 fully saturated rings. The van der Waals surface area contributed by atoms with Crippen molar-refractivity contribution in [1.82, 2.24) is 4.31 Å². The molecule has 2 rings (SSSR count). The Morgan fingerprint density at radius 1 is 1.61 bits per heavy atom. The van der Waals surface area contributed by atoms with Crippen molar-refractivity contribution in [2.45, 2.75) is 37.2 Å². The molecule has 0 aromatic carbocycles. The van der Waals surface area contributed by atoms with Crippen LogP contribution in [-0.4, -0.2) is 25.3 Å². The summed E-state index contributed by atoms with van der Waals surface area (Å²) in [5.41, 5.74) is 5.46. The van der Waals surface area contributed by atoms with Crippen molar-refractivity contribution in [3.63, 3.8) is 0 Å². The molecule has 0 unspecified atom stereocenters. The summed E-state index contributed by atoms with van der Waals surface area (Å²) < 4.78 is 31.9. The van der Waals surface area contributed by atoms with Crippen molar-refractivity contribution in [3.05, 3.63) is 30.2 Å². The monoisotopic (exact) mass is 270 g/mol. The summed E-state index contributed by atoms with van der Waals surface area (Å²) in [6.07, 6.45) is 3.43. The molecule has 2 N–H and O–H groups in total. The van der Waals surface area contributed by atoms with Crippen LogP contribution >= 0.6 is 0 Å². The fraction of sp³-hybridized carbons (Fsp3) is 0.500. The van der Waals surface area contributed by atoms with Crippen LogP contribution < -0.4 is 5.73 Å². The van der Waals surface area contributed by atoms with E-state index in [1.165, 1.54) is 10.4 Å². The number of aryl methyl sites for hydroxylation is 1. The molecular formula is C12H18N2O3S. The van der Waals surface area contributed by atoms with E-state index in [2.05, 4.69) is 6.58 Å². The molecule has 1 saturated carbocycles. The highest BCUT2D eigenvalue weighted by atomic mass is 32.2. The zero-order chi connectivity index (χ0) is 13.3. The lowest BCUT2D eigenvalue weighted by atomic mass is 10.4. The normalized spacial score (nSPS) is 16.2. The lowest BCUT2D eigenvalue weighted by Crippen LogP contribution is -2.33. The summed E-state index contributed by atoms with van der Waals surface area (Å²) in [6.45, 7) is 5.78. The van der Waals surface area contributed by atoms with Gasteiger partial charge >= 0.3 is 0 Å². The highest BCUT2D eigenvalue weighted by Gasteiger charge is 2.38.